The Morgan fingerprint density at radius 3 is 2.21 bits per heavy atom. The van der Waals surface area contributed by atoms with Crippen LogP contribution in [0.5, 0.6) is 0 Å². The Kier molecular flexibility index (Phi) is 8.15. The molecule has 106 valence electrons. The number of ketones is 1. The Bertz CT molecular complexity index is 342. The van der Waals surface area contributed by atoms with Crippen LogP contribution in [0.1, 0.15) is 44.6 Å². The average molecular weight is 261 g/mol. The normalized spacial score (nSPS) is 14.8. The van der Waals surface area contributed by atoms with E-state index in [-0.39, 0.29) is 0 Å². The summed E-state index contributed by atoms with van der Waals surface area (Å²) in [6.45, 7) is 7.56. The number of nitrogens with zero attached hydrogens (tertiary/aromatic N) is 1. The lowest BCUT2D eigenvalue weighted by Crippen LogP contribution is -2.22. The van der Waals surface area contributed by atoms with Crippen molar-refractivity contribution in [1.29, 1.82) is 0 Å². The largest absolute Gasteiger partial charge is 0.303 e. The van der Waals surface area contributed by atoms with Gasteiger partial charge in [0.1, 0.15) is 5.78 Å². The first-order valence-electron chi connectivity index (χ1n) is 7.48. The van der Waals surface area contributed by atoms with Crippen LogP contribution in [0.25, 0.3) is 0 Å². The highest BCUT2D eigenvalue weighted by atomic mass is 16.1. The van der Waals surface area contributed by atoms with Crippen molar-refractivity contribution in [1.82, 2.24) is 4.90 Å². The number of hydrogen-bond donors (Lipinski definition) is 0. The second-order valence-electron chi connectivity index (χ2n) is 5.24. The number of carbonyl (C=O) groups is 1. The summed E-state index contributed by atoms with van der Waals surface area (Å²) in [6, 6.07) is 10.3. The smallest absolute Gasteiger partial charge is 0.134 e. The van der Waals surface area contributed by atoms with Crippen LogP contribution >= 0.6 is 0 Å². The SMILES string of the molecule is CCCC(=O)CCN1CCCC1.Cc1ccccc1. The highest BCUT2D eigenvalue weighted by molar-refractivity contribution is 5.78. The summed E-state index contributed by atoms with van der Waals surface area (Å²) in [7, 11) is 0. The van der Waals surface area contributed by atoms with Crippen LogP contribution in [0.2, 0.25) is 0 Å². The minimum Gasteiger partial charge on any atom is -0.303 e. The van der Waals surface area contributed by atoms with Crippen LogP contribution in [-0.2, 0) is 4.79 Å². The summed E-state index contributed by atoms with van der Waals surface area (Å²) in [4.78, 5) is 13.6. The zero-order valence-corrected chi connectivity index (χ0v) is 12.4. The highest BCUT2D eigenvalue weighted by Crippen LogP contribution is 2.08. The molecule has 1 fully saturated rings. The van der Waals surface area contributed by atoms with Gasteiger partial charge in [-0.05, 0) is 39.3 Å². The highest BCUT2D eigenvalue weighted by Gasteiger charge is 2.11. The Morgan fingerprint density at radius 1 is 1.11 bits per heavy atom. The summed E-state index contributed by atoms with van der Waals surface area (Å²) in [6.07, 6.45) is 5.18. The van der Waals surface area contributed by atoms with Crippen molar-refractivity contribution in [2.75, 3.05) is 19.6 Å². The van der Waals surface area contributed by atoms with Crippen LogP contribution < -0.4 is 0 Å². The van der Waals surface area contributed by atoms with Gasteiger partial charge in [0.15, 0.2) is 0 Å². The molecule has 0 spiro atoms. The van der Waals surface area contributed by atoms with Crippen molar-refractivity contribution in [2.45, 2.75) is 46.0 Å². The Balaban J connectivity index is 0.000000218. The van der Waals surface area contributed by atoms with E-state index in [1.165, 1.54) is 31.5 Å². The van der Waals surface area contributed by atoms with Crippen LogP contribution in [0.15, 0.2) is 30.3 Å². The quantitative estimate of drug-likeness (QED) is 0.802. The molecular formula is C17H27NO. The number of hydrogen-bond acceptors (Lipinski definition) is 2. The van der Waals surface area contributed by atoms with E-state index < -0.39 is 0 Å². The van der Waals surface area contributed by atoms with Gasteiger partial charge in [-0.3, -0.25) is 4.79 Å². The van der Waals surface area contributed by atoms with Crippen LogP contribution in [0.4, 0.5) is 0 Å². The molecule has 2 rings (SSSR count). The number of likely N-dealkylation sites (tertiary alicyclic amines) is 1. The average Bonchev–Trinajstić information content (AvgIpc) is 2.92. The van der Waals surface area contributed by atoms with Gasteiger partial charge in [0.25, 0.3) is 0 Å². The summed E-state index contributed by atoms with van der Waals surface area (Å²) in [5, 5.41) is 0. The zero-order valence-electron chi connectivity index (χ0n) is 12.4. The fraction of sp³-hybridized carbons (Fsp3) is 0.588. The molecule has 19 heavy (non-hydrogen) atoms. The van der Waals surface area contributed by atoms with Gasteiger partial charge >= 0.3 is 0 Å². The third kappa shape index (κ3) is 7.78. The summed E-state index contributed by atoms with van der Waals surface area (Å²) in [5.74, 6) is 0.435. The first-order chi connectivity index (χ1) is 9.22. The van der Waals surface area contributed by atoms with Crippen molar-refractivity contribution >= 4 is 5.78 Å². The fourth-order valence-electron chi connectivity index (χ4n) is 2.23. The molecule has 1 heterocycles. The molecule has 0 unspecified atom stereocenters. The molecular weight excluding hydrogens is 234 g/mol. The molecule has 2 nitrogen and oxygen atoms in total. The molecule has 2 heteroatoms. The van der Waals surface area contributed by atoms with Gasteiger partial charge in [-0.1, -0.05) is 42.8 Å². The number of rotatable bonds is 5. The maximum atomic E-state index is 11.2. The van der Waals surface area contributed by atoms with Crippen LogP contribution in [0, 0.1) is 6.92 Å². The topological polar surface area (TPSA) is 20.3 Å². The van der Waals surface area contributed by atoms with E-state index >= 15 is 0 Å². The van der Waals surface area contributed by atoms with Crippen LogP contribution in [-0.4, -0.2) is 30.3 Å². The van der Waals surface area contributed by atoms with E-state index in [1.54, 1.807) is 0 Å². The number of aryl methyl sites for hydroxylation is 1. The first kappa shape index (κ1) is 15.9. The minimum atomic E-state index is 0.435. The van der Waals surface area contributed by atoms with E-state index in [2.05, 4.69) is 30.9 Å². The molecule has 0 radical (unpaired) electrons. The van der Waals surface area contributed by atoms with E-state index in [4.69, 9.17) is 0 Å². The predicted molar refractivity (Wildman–Crippen MR) is 81.4 cm³/mol. The standard InChI is InChI=1S/C10H19NO.C7H8/c1-2-5-10(12)6-9-11-7-3-4-8-11;1-7-5-3-2-4-6-7/h2-9H2,1H3;2-6H,1H3. The van der Waals surface area contributed by atoms with E-state index in [0.717, 1.165) is 25.8 Å². The molecule has 1 aliphatic heterocycles. The summed E-state index contributed by atoms with van der Waals surface area (Å²) < 4.78 is 0. The van der Waals surface area contributed by atoms with Gasteiger partial charge in [0.05, 0.1) is 0 Å². The predicted octanol–water partition coefficient (Wildman–Crippen LogP) is 3.84. The Hall–Kier alpha value is -1.15. The van der Waals surface area contributed by atoms with E-state index in [1.807, 2.05) is 18.2 Å². The third-order valence-electron chi connectivity index (χ3n) is 3.37. The van der Waals surface area contributed by atoms with Gasteiger partial charge in [-0.25, -0.2) is 0 Å². The lowest BCUT2D eigenvalue weighted by Gasteiger charge is -2.12. The second kappa shape index (κ2) is 9.74. The second-order valence-corrected chi connectivity index (χ2v) is 5.24. The molecule has 0 aromatic heterocycles. The van der Waals surface area contributed by atoms with Crippen molar-refractivity contribution in [3.8, 4) is 0 Å². The minimum absolute atomic E-state index is 0.435. The lowest BCUT2D eigenvalue weighted by atomic mass is 10.2. The van der Waals surface area contributed by atoms with Crippen LogP contribution in [0.3, 0.4) is 0 Å². The monoisotopic (exact) mass is 261 g/mol. The van der Waals surface area contributed by atoms with E-state index in [9.17, 15) is 4.79 Å². The van der Waals surface area contributed by atoms with Gasteiger partial charge in [-0.15, -0.1) is 0 Å². The summed E-state index contributed by atoms with van der Waals surface area (Å²) >= 11 is 0. The molecule has 1 aromatic carbocycles. The third-order valence-corrected chi connectivity index (χ3v) is 3.37. The maximum absolute atomic E-state index is 11.2. The van der Waals surface area contributed by atoms with E-state index in [0.29, 0.717) is 5.78 Å². The van der Waals surface area contributed by atoms with Gasteiger partial charge in [-0.2, -0.15) is 0 Å². The number of Topliss-reactive ketones (excluding diaryl/α,β-unsaturated/α-hetero) is 1. The van der Waals surface area contributed by atoms with Crippen molar-refractivity contribution < 1.29 is 4.79 Å². The molecule has 1 saturated heterocycles. The fourth-order valence-corrected chi connectivity index (χ4v) is 2.23. The lowest BCUT2D eigenvalue weighted by molar-refractivity contribution is -0.119. The molecule has 0 bridgehead atoms. The number of benzene rings is 1. The van der Waals surface area contributed by atoms with Gasteiger partial charge in [0, 0.05) is 19.4 Å². The van der Waals surface area contributed by atoms with Crippen molar-refractivity contribution in [3.63, 3.8) is 0 Å². The first-order valence-corrected chi connectivity index (χ1v) is 7.48. The number of carbonyl (C=O) groups excluding carboxylic acids is 1. The molecule has 0 amide bonds. The molecule has 0 saturated carbocycles. The molecule has 0 N–H and O–H groups in total. The molecule has 0 atom stereocenters. The van der Waals surface area contributed by atoms with Gasteiger partial charge < -0.3 is 4.90 Å². The Morgan fingerprint density at radius 2 is 1.74 bits per heavy atom. The van der Waals surface area contributed by atoms with Gasteiger partial charge in [0.2, 0.25) is 0 Å². The molecule has 1 aliphatic rings. The zero-order chi connectivity index (χ0) is 13.9. The van der Waals surface area contributed by atoms with Crippen molar-refractivity contribution in [2.24, 2.45) is 0 Å². The van der Waals surface area contributed by atoms with Crippen molar-refractivity contribution in [3.05, 3.63) is 35.9 Å². The summed E-state index contributed by atoms with van der Waals surface area (Å²) in [5.41, 5.74) is 1.32. The maximum Gasteiger partial charge on any atom is 0.134 e. The Labute approximate surface area is 117 Å². The molecule has 1 aromatic rings. The molecule has 0 aliphatic carbocycles.